The topological polar surface area (TPSA) is 42.2 Å². The summed E-state index contributed by atoms with van der Waals surface area (Å²) in [6.45, 7) is 2.01. The smallest absolute Gasteiger partial charge is 0.226 e. The van der Waals surface area contributed by atoms with Gasteiger partial charge < -0.3 is 9.73 Å². The molecule has 1 aliphatic heterocycles. The third-order valence-corrected chi connectivity index (χ3v) is 2.33. The Morgan fingerprint density at radius 2 is 2.50 bits per heavy atom. The van der Waals surface area contributed by atoms with Crippen LogP contribution in [0, 0.1) is 5.92 Å². The van der Waals surface area contributed by atoms with Gasteiger partial charge in [-0.15, -0.1) is 0 Å². The molecule has 64 valence electrons. The first-order chi connectivity index (χ1) is 5.83. The number of hydrogen-bond donors (Lipinski definition) is 1. The second kappa shape index (κ2) is 2.66. The number of amides is 1. The van der Waals surface area contributed by atoms with E-state index in [1.807, 2.05) is 19.1 Å². The van der Waals surface area contributed by atoms with E-state index in [0.29, 0.717) is 0 Å². The van der Waals surface area contributed by atoms with Crippen LogP contribution >= 0.6 is 0 Å². The zero-order valence-electron chi connectivity index (χ0n) is 6.91. The Labute approximate surface area is 70.8 Å². The van der Waals surface area contributed by atoms with Crippen molar-refractivity contribution >= 4 is 5.91 Å². The van der Waals surface area contributed by atoms with E-state index in [1.165, 1.54) is 0 Å². The standard InChI is InChI=1S/C9H11NO2/c1-2-6-8(10-9(6)11)7-4-3-5-12-7/h3-6,8H,2H2,1H3,(H,10,11)/t6-,8+/m1/s1. The summed E-state index contributed by atoms with van der Waals surface area (Å²) in [5, 5.41) is 2.81. The minimum atomic E-state index is 0.108. The molecule has 1 aromatic rings. The van der Waals surface area contributed by atoms with E-state index in [2.05, 4.69) is 5.32 Å². The van der Waals surface area contributed by atoms with Crippen LogP contribution in [-0.2, 0) is 4.79 Å². The molecule has 3 heteroatoms. The predicted molar refractivity (Wildman–Crippen MR) is 43.4 cm³/mol. The highest BCUT2D eigenvalue weighted by molar-refractivity contribution is 5.85. The van der Waals surface area contributed by atoms with Gasteiger partial charge >= 0.3 is 0 Å². The van der Waals surface area contributed by atoms with E-state index >= 15 is 0 Å². The fourth-order valence-corrected chi connectivity index (χ4v) is 1.57. The zero-order valence-corrected chi connectivity index (χ0v) is 6.91. The summed E-state index contributed by atoms with van der Waals surface area (Å²) in [6.07, 6.45) is 2.50. The maximum absolute atomic E-state index is 11.0. The lowest BCUT2D eigenvalue weighted by molar-refractivity contribution is -0.136. The Bertz CT molecular complexity index is 279. The van der Waals surface area contributed by atoms with Crippen molar-refractivity contribution in [3.8, 4) is 0 Å². The number of carbonyl (C=O) groups excluding carboxylic acids is 1. The number of hydrogen-bond acceptors (Lipinski definition) is 2. The summed E-state index contributed by atoms with van der Waals surface area (Å²) in [5.74, 6) is 1.11. The van der Waals surface area contributed by atoms with E-state index in [-0.39, 0.29) is 17.9 Å². The molecule has 1 aromatic heterocycles. The number of carbonyl (C=O) groups is 1. The lowest BCUT2D eigenvalue weighted by atomic mass is 9.87. The van der Waals surface area contributed by atoms with Crippen LogP contribution in [0.15, 0.2) is 22.8 Å². The van der Waals surface area contributed by atoms with Crippen LogP contribution in [0.2, 0.25) is 0 Å². The van der Waals surface area contributed by atoms with Gasteiger partial charge in [-0.3, -0.25) is 4.79 Å². The summed E-state index contributed by atoms with van der Waals surface area (Å²) < 4.78 is 5.20. The van der Waals surface area contributed by atoms with Crippen molar-refractivity contribution in [1.29, 1.82) is 0 Å². The fourth-order valence-electron chi connectivity index (χ4n) is 1.57. The van der Waals surface area contributed by atoms with Crippen molar-refractivity contribution in [2.45, 2.75) is 19.4 Å². The average Bonchev–Trinajstić information content (AvgIpc) is 2.52. The predicted octanol–water partition coefficient (Wildman–Crippen LogP) is 1.48. The molecular formula is C9H11NO2. The lowest BCUT2D eigenvalue weighted by Crippen LogP contribution is -2.51. The molecule has 1 saturated heterocycles. The van der Waals surface area contributed by atoms with Gasteiger partial charge in [-0.25, -0.2) is 0 Å². The molecule has 1 fully saturated rings. The van der Waals surface area contributed by atoms with Crippen molar-refractivity contribution in [3.05, 3.63) is 24.2 Å². The number of rotatable bonds is 2. The van der Waals surface area contributed by atoms with E-state index in [0.717, 1.165) is 12.2 Å². The van der Waals surface area contributed by atoms with Gasteiger partial charge in [-0.1, -0.05) is 6.92 Å². The third-order valence-electron chi connectivity index (χ3n) is 2.33. The summed E-state index contributed by atoms with van der Waals surface area (Å²) in [4.78, 5) is 11.0. The molecule has 0 saturated carbocycles. The highest BCUT2D eigenvalue weighted by Crippen LogP contribution is 2.32. The fraction of sp³-hybridized carbons (Fsp3) is 0.444. The van der Waals surface area contributed by atoms with Gasteiger partial charge in [0.1, 0.15) is 5.76 Å². The summed E-state index contributed by atoms with van der Waals surface area (Å²) in [6, 6.07) is 3.84. The second-order valence-corrected chi connectivity index (χ2v) is 3.02. The Morgan fingerprint density at radius 3 is 3.00 bits per heavy atom. The van der Waals surface area contributed by atoms with Crippen molar-refractivity contribution in [3.63, 3.8) is 0 Å². The van der Waals surface area contributed by atoms with Crippen LogP contribution in [0.5, 0.6) is 0 Å². The quantitative estimate of drug-likeness (QED) is 0.674. The molecule has 3 nitrogen and oxygen atoms in total. The van der Waals surface area contributed by atoms with Gasteiger partial charge in [0.25, 0.3) is 0 Å². The molecule has 0 aliphatic carbocycles. The number of β-lactam (4-membered cyclic amide) rings is 1. The van der Waals surface area contributed by atoms with Gasteiger partial charge in [-0.05, 0) is 18.6 Å². The lowest BCUT2D eigenvalue weighted by Gasteiger charge is -2.34. The monoisotopic (exact) mass is 165 g/mol. The number of nitrogens with one attached hydrogen (secondary N) is 1. The molecule has 1 aliphatic rings. The van der Waals surface area contributed by atoms with Gasteiger partial charge in [0.05, 0.1) is 18.2 Å². The highest BCUT2D eigenvalue weighted by atomic mass is 16.3. The first-order valence-corrected chi connectivity index (χ1v) is 4.16. The minimum Gasteiger partial charge on any atom is -0.467 e. The number of furan rings is 1. The van der Waals surface area contributed by atoms with Crippen LogP contribution in [-0.4, -0.2) is 5.91 Å². The Kier molecular flexibility index (Phi) is 1.64. The largest absolute Gasteiger partial charge is 0.467 e. The van der Waals surface area contributed by atoms with Crippen molar-refractivity contribution < 1.29 is 9.21 Å². The molecule has 0 aromatic carbocycles. The van der Waals surface area contributed by atoms with E-state index in [9.17, 15) is 4.79 Å². The zero-order chi connectivity index (χ0) is 8.55. The molecule has 2 atom stereocenters. The molecule has 12 heavy (non-hydrogen) atoms. The molecule has 2 rings (SSSR count). The average molecular weight is 165 g/mol. The van der Waals surface area contributed by atoms with Crippen LogP contribution in [0.1, 0.15) is 25.1 Å². The maximum atomic E-state index is 11.0. The van der Waals surface area contributed by atoms with Crippen LogP contribution < -0.4 is 5.32 Å². The molecular weight excluding hydrogens is 154 g/mol. The molecule has 0 unspecified atom stereocenters. The molecule has 1 N–H and O–H groups in total. The van der Waals surface area contributed by atoms with Gasteiger partial charge in [0.2, 0.25) is 5.91 Å². The maximum Gasteiger partial charge on any atom is 0.226 e. The van der Waals surface area contributed by atoms with E-state index in [4.69, 9.17) is 4.42 Å². The van der Waals surface area contributed by atoms with Crippen LogP contribution in [0.3, 0.4) is 0 Å². The van der Waals surface area contributed by atoms with Gasteiger partial charge in [0, 0.05) is 0 Å². The van der Waals surface area contributed by atoms with Gasteiger partial charge in [-0.2, -0.15) is 0 Å². The Hall–Kier alpha value is -1.25. The third kappa shape index (κ3) is 0.932. The van der Waals surface area contributed by atoms with Crippen LogP contribution in [0.4, 0.5) is 0 Å². The Morgan fingerprint density at radius 1 is 1.67 bits per heavy atom. The highest BCUT2D eigenvalue weighted by Gasteiger charge is 2.40. The molecule has 2 heterocycles. The van der Waals surface area contributed by atoms with Crippen LogP contribution in [0.25, 0.3) is 0 Å². The van der Waals surface area contributed by atoms with E-state index < -0.39 is 0 Å². The summed E-state index contributed by atoms with van der Waals surface area (Å²) in [5.41, 5.74) is 0. The normalized spacial score (nSPS) is 27.9. The van der Waals surface area contributed by atoms with Crippen molar-refractivity contribution in [2.75, 3.05) is 0 Å². The first kappa shape index (κ1) is 7.40. The molecule has 0 radical (unpaired) electrons. The Balaban J connectivity index is 2.13. The molecule has 0 spiro atoms. The summed E-state index contributed by atoms with van der Waals surface area (Å²) >= 11 is 0. The minimum absolute atomic E-state index is 0.108. The van der Waals surface area contributed by atoms with E-state index in [1.54, 1.807) is 6.26 Å². The second-order valence-electron chi connectivity index (χ2n) is 3.02. The van der Waals surface area contributed by atoms with Crippen molar-refractivity contribution in [2.24, 2.45) is 5.92 Å². The SMILES string of the molecule is CC[C@H]1C(=O)N[C@@H]1c1ccco1. The van der Waals surface area contributed by atoms with Gasteiger partial charge in [0.15, 0.2) is 0 Å². The summed E-state index contributed by atoms with van der Waals surface area (Å²) in [7, 11) is 0. The van der Waals surface area contributed by atoms with Crippen molar-refractivity contribution in [1.82, 2.24) is 5.32 Å². The molecule has 1 amide bonds. The molecule has 0 bridgehead atoms. The first-order valence-electron chi connectivity index (χ1n) is 4.16.